The third-order valence-corrected chi connectivity index (χ3v) is 1.96. The van der Waals surface area contributed by atoms with Gasteiger partial charge in [0, 0.05) is 12.8 Å². The molecule has 1 heterocycles. The van der Waals surface area contributed by atoms with Crippen LogP contribution in [0.1, 0.15) is 25.7 Å². The van der Waals surface area contributed by atoms with E-state index < -0.39 is 0 Å². The van der Waals surface area contributed by atoms with Gasteiger partial charge in [-0.3, -0.25) is 0 Å². The summed E-state index contributed by atoms with van der Waals surface area (Å²) < 4.78 is 5.36. The molecule has 0 bridgehead atoms. The summed E-state index contributed by atoms with van der Waals surface area (Å²) in [6.45, 7) is 0.963. The molecule has 0 fully saturated rings. The highest BCUT2D eigenvalue weighted by molar-refractivity contribution is 5.17. The maximum atomic E-state index is 5.36. The van der Waals surface area contributed by atoms with Crippen molar-refractivity contribution in [3.05, 3.63) is 11.3 Å². The molecule has 1 aliphatic heterocycles. The van der Waals surface area contributed by atoms with Gasteiger partial charge in [-0.25, -0.2) is 0 Å². The average molecular weight is 110 g/mol. The summed E-state index contributed by atoms with van der Waals surface area (Å²) in [5, 5.41) is 0. The van der Waals surface area contributed by atoms with Gasteiger partial charge in [-0.05, 0) is 18.4 Å². The highest BCUT2D eigenvalue weighted by Gasteiger charge is 2.20. The summed E-state index contributed by atoms with van der Waals surface area (Å²) >= 11 is 0. The smallest absolute Gasteiger partial charge is 0.0953 e. The van der Waals surface area contributed by atoms with Crippen LogP contribution in [0.5, 0.6) is 0 Å². The topological polar surface area (TPSA) is 9.23 Å². The molecule has 0 saturated carbocycles. The van der Waals surface area contributed by atoms with E-state index in [2.05, 4.69) is 0 Å². The zero-order valence-electron chi connectivity index (χ0n) is 4.94. The molecule has 0 N–H and O–H groups in total. The fourth-order valence-corrected chi connectivity index (χ4v) is 1.51. The van der Waals surface area contributed by atoms with Gasteiger partial charge in [0.2, 0.25) is 0 Å². The molecular weight excluding hydrogens is 100 g/mol. The van der Waals surface area contributed by atoms with Crippen LogP contribution in [0.25, 0.3) is 0 Å². The van der Waals surface area contributed by atoms with Gasteiger partial charge < -0.3 is 4.74 Å². The summed E-state index contributed by atoms with van der Waals surface area (Å²) in [5.41, 5.74) is 1.60. The van der Waals surface area contributed by atoms with Crippen LogP contribution < -0.4 is 0 Å². The number of hydrogen-bond acceptors (Lipinski definition) is 1. The minimum atomic E-state index is 0.963. The van der Waals surface area contributed by atoms with E-state index in [1.54, 1.807) is 5.57 Å². The largest absolute Gasteiger partial charge is 0.498 e. The zero-order valence-corrected chi connectivity index (χ0v) is 4.94. The van der Waals surface area contributed by atoms with Crippen molar-refractivity contribution in [2.45, 2.75) is 25.7 Å². The molecule has 8 heavy (non-hydrogen) atoms. The Labute approximate surface area is 49.3 Å². The van der Waals surface area contributed by atoms with E-state index in [1.165, 1.54) is 31.4 Å². The molecule has 0 aromatic rings. The quantitative estimate of drug-likeness (QED) is 0.462. The van der Waals surface area contributed by atoms with Gasteiger partial charge in [0.05, 0.1) is 12.4 Å². The first-order valence-corrected chi connectivity index (χ1v) is 3.30. The fourth-order valence-electron chi connectivity index (χ4n) is 1.51. The van der Waals surface area contributed by atoms with E-state index in [4.69, 9.17) is 4.74 Å². The lowest BCUT2D eigenvalue weighted by Gasteiger charge is -1.95. The van der Waals surface area contributed by atoms with E-state index in [0.717, 1.165) is 6.61 Å². The standard InChI is InChI=1S/C7H10O/c1-2-6-4-5-8-7(6)3-1/h1-5H2. The predicted molar refractivity (Wildman–Crippen MR) is 31.4 cm³/mol. The van der Waals surface area contributed by atoms with E-state index in [9.17, 15) is 0 Å². The van der Waals surface area contributed by atoms with Gasteiger partial charge in [0.1, 0.15) is 0 Å². The minimum Gasteiger partial charge on any atom is -0.498 e. The summed E-state index contributed by atoms with van der Waals surface area (Å²) in [6.07, 6.45) is 5.09. The van der Waals surface area contributed by atoms with Crippen LogP contribution >= 0.6 is 0 Å². The third kappa shape index (κ3) is 0.473. The minimum absolute atomic E-state index is 0.963. The lowest BCUT2D eigenvalue weighted by Crippen LogP contribution is -1.82. The van der Waals surface area contributed by atoms with Gasteiger partial charge in [-0.1, -0.05) is 0 Å². The molecule has 2 aliphatic rings. The Morgan fingerprint density at radius 1 is 1.12 bits per heavy atom. The van der Waals surface area contributed by atoms with Gasteiger partial charge in [0.15, 0.2) is 0 Å². The predicted octanol–water partition coefficient (Wildman–Crippen LogP) is 1.84. The molecule has 0 radical (unpaired) electrons. The molecule has 0 amide bonds. The van der Waals surface area contributed by atoms with Gasteiger partial charge in [-0.2, -0.15) is 0 Å². The molecular formula is C7H10O. The third-order valence-electron chi connectivity index (χ3n) is 1.96. The first-order chi connectivity index (χ1) is 3.97. The summed E-state index contributed by atoms with van der Waals surface area (Å²) in [6, 6.07) is 0. The van der Waals surface area contributed by atoms with Gasteiger partial charge in [-0.15, -0.1) is 0 Å². The molecule has 1 aliphatic carbocycles. The Morgan fingerprint density at radius 3 is 3.00 bits per heavy atom. The van der Waals surface area contributed by atoms with Crippen molar-refractivity contribution in [1.29, 1.82) is 0 Å². The Hall–Kier alpha value is -0.460. The van der Waals surface area contributed by atoms with Gasteiger partial charge >= 0.3 is 0 Å². The molecule has 0 aromatic carbocycles. The van der Waals surface area contributed by atoms with Crippen LogP contribution in [0.15, 0.2) is 11.3 Å². The SMILES string of the molecule is C1CC2=C(C1)OCC2. The monoisotopic (exact) mass is 110 g/mol. The van der Waals surface area contributed by atoms with E-state index in [1.807, 2.05) is 0 Å². The number of hydrogen-bond donors (Lipinski definition) is 0. The Bertz CT molecular complexity index is 107. The van der Waals surface area contributed by atoms with E-state index in [0.29, 0.717) is 0 Å². The summed E-state index contributed by atoms with van der Waals surface area (Å²) in [7, 11) is 0. The van der Waals surface area contributed by atoms with Crippen molar-refractivity contribution in [3.63, 3.8) is 0 Å². The van der Waals surface area contributed by atoms with Crippen LogP contribution in [0.3, 0.4) is 0 Å². The van der Waals surface area contributed by atoms with Crippen molar-refractivity contribution < 1.29 is 4.74 Å². The van der Waals surface area contributed by atoms with Gasteiger partial charge in [0.25, 0.3) is 0 Å². The number of ether oxygens (including phenoxy) is 1. The van der Waals surface area contributed by atoms with Crippen molar-refractivity contribution in [3.8, 4) is 0 Å². The van der Waals surface area contributed by atoms with Crippen LogP contribution in [-0.4, -0.2) is 6.61 Å². The number of rotatable bonds is 0. The Balaban J connectivity index is 2.23. The average Bonchev–Trinajstić information content (AvgIpc) is 2.15. The van der Waals surface area contributed by atoms with E-state index >= 15 is 0 Å². The van der Waals surface area contributed by atoms with Crippen molar-refractivity contribution >= 4 is 0 Å². The van der Waals surface area contributed by atoms with E-state index in [-0.39, 0.29) is 0 Å². The molecule has 0 spiro atoms. The maximum absolute atomic E-state index is 5.36. The first-order valence-electron chi connectivity index (χ1n) is 3.30. The second-order valence-corrected chi connectivity index (χ2v) is 2.48. The highest BCUT2D eigenvalue weighted by atomic mass is 16.5. The fraction of sp³-hybridized carbons (Fsp3) is 0.714. The Morgan fingerprint density at radius 2 is 2.12 bits per heavy atom. The molecule has 2 rings (SSSR count). The molecule has 44 valence electrons. The summed E-state index contributed by atoms with van der Waals surface area (Å²) in [5.74, 6) is 1.32. The normalized spacial score (nSPS) is 26.0. The van der Waals surface area contributed by atoms with Crippen LogP contribution in [0.2, 0.25) is 0 Å². The van der Waals surface area contributed by atoms with Crippen LogP contribution in [-0.2, 0) is 4.74 Å². The zero-order chi connectivity index (χ0) is 5.40. The van der Waals surface area contributed by atoms with Crippen molar-refractivity contribution in [2.75, 3.05) is 6.61 Å². The molecule has 0 atom stereocenters. The van der Waals surface area contributed by atoms with Crippen molar-refractivity contribution in [1.82, 2.24) is 0 Å². The lowest BCUT2D eigenvalue weighted by atomic mass is 10.2. The molecule has 0 unspecified atom stereocenters. The lowest BCUT2D eigenvalue weighted by molar-refractivity contribution is 0.234. The van der Waals surface area contributed by atoms with Crippen LogP contribution in [0.4, 0.5) is 0 Å². The molecule has 1 heteroatoms. The molecule has 0 aromatic heterocycles. The van der Waals surface area contributed by atoms with Crippen molar-refractivity contribution in [2.24, 2.45) is 0 Å². The maximum Gasteiger partial charge on any atom is 0.0953 e. The summed E-state index contributed by atoms with van der Waals surface area (Å²) in [4.78, 5) is 0. The number of allylic oxidation sites excluding steroid dienone is 1. The molecule has 1 nitrogen and oxygen atoms in total. The molecule has 0 saturated heterocycles. The first kappa shape index (κ1) is 4.42. The Kier molecular flexibility index (Phi) is 0.833. The second-order valence-electron chi connectivity index (χ2n) is 2.48. The van der Waals surface area contributed by atoms with Crippen LogP contribution in [0, 0.1) is 0 Å². The second kappa shape index (κ2) is 1.51. The highest BCUT2D eigenvalue weighted by Crippen LogP contribution is 2.33.